The Labute approximate surface area is 159 Å². The van der Waals surface area contributed by atoms with Gasteiger partial charge >= 0.3 is 12.0 Å². The van der Waals surface area contributed by atoms with Crippen LogP contribution < -0.4 is 14.8 Å². The number of carbonyl (C=O) groups excluding carboxylic acids is 2. The lowest BCUT2D eigenvalue weighted by Gasteiger charge is -2.13. The molecule has 1 N–H and O–H groups in total. The van der Waals surface area contributed by atoms with Crippen LogP contribution in [0.2, 0.25) is 0 Å². The van der Waals surface area contributed by atoms with Gasteiger partial charge in [0.1, 0.15) is 16.3 Å². The number of halogens is 3. The predicted molar refractivity (Wildman–Crippen MR) is 93.1 cm³/mol. The van der Waals surface area contributed by atoms with E-state index in [1.807, 2.05) is 0 Å². The number of hydrogen-bond donors (Lipinski definition) is 1. The highest BCUT2D eigenvalue weighted by atomic mass is 35.5. The Morgan fingerprint density at radius 1 is 1.20 bits per heavy atom. The fourth-order valence-corrected chi connectivity index (χ4v) is 1.93. The fraction of sp³-hybridized carbons (Fsp3) is 0.429. The monoisotopic (exact) mass is 411 g/mol. The third-order valence-electron chi connectivity index (χ3n) is 2.78. The number of nitrogens with zero attached hydrogens (tertiary/aromatic N) is 2. The summed E-state index contributed by atoms with van der Waals surface area (Å²) in [6.07, 6.45) is 0.226. The normalized spacial score (nSPS) is 11.3. The fourth-order valence-electron chi connectivity index (χ4n) is 1.58. The molecule has 1 aromatic heterocycles. The molecule has 8 nitrogen and oxygen atoms in total. The summed E-state index contributed by atoms with van der Waals surface area (Å²) < 4.78 is 14.7. The van der Waals surface area contributed by atoms with Gasteiger partial charge in [0.25, 0.3) is 0 Å². The Balaban J connectivity index is 2.55. The summed E-state index contributed by atoms with van der Waals surface area (Å²) in [6, 6.07) is 0.0929. The van der Waals surface area contributed by atoms with Gasteiger partial charge in [0.15, 0.2) is 0 Å². The van der Waals surface area contributed by atoms with Gasteiger partial charge in [-0.05, 0) is 6.92 Å². The first kappa shape index (κ1) is 21.3. The SMILES string of the molecule is COc1ncc(NC(=O)CCC(=O)O[C@@H](C)C(Cl)=C(Cl)Cl)c(OC)n1. The maximum Gasteiger partial charge on any atom is 0.319 e. The van der Waals surface area contributed by atoms with Crippen molar-refractivity contribution in [2.24, 2.45) is 0 Å². The van der Waals surface area contributed by atoms with E-state index in [0.29, 0.717) is 0 Å². The highest BCUT2D eigenvalue weighted by molar-refractivity contribution is 6.59. The number of esters is 1. The number of ether oxygens (including phenoxy) is 3. The Morgan fingerprint density at radius 2 is 1.88 bits per heavy atom. The molecule has 0 fully saturated rings. The average molecular weight is 413 g/mol. The second kappa shape index (κ2) is 10.3. The number of anilines is 1. The Bertz CT molecular complexity index is 665. The zero-order valence-corrected chi connectivity index (χ0v) is 15.9. The topological polar surface area (TPSA) is 99.6 Å². The minimum Gasteiger partial charge on any atom is -0.479 e. The number of amides is 1. The number of rotatable bonds is 8. The quantitative estimate of drug-likeness (QED) is 0.655. The minimum absolute atomic E-state index is 0.00116. The second-order valence-corrected chi connectivity index (χ2v) is 5.92. The molecule has 0 saturated carbocycles. The number of methoxy groups -OCH3 is 2. The molecule has 0 saturated heterocycles. The van der Waals surface area contributed by atoms with Crippen LogP contribution in [0.4, 0.5) is 5.69 Å². The smallest absolute Gasteiger partial charge is 0.319 e. The van der Waals surface area contributed by atoms with Gasteiger partial charge in [0, 0.05) is 6.42 Å². The van der Waals surface area contributed by atoms with E-state index in [2.05, 4.69) is 15.3 Å². The van der Waals surface area contributed by atoms with Crippen molar-refractivity contribution in [3.63, 3.8) is 0 Å². The summed E-state index contributed by atoms with van der Waals surface area (Å²) >= 11 is 16.8. The predicted octanol–water partition coefficient (Wildman–Crippen LogP) is 3.03. The lowest BCUT2D eigenvalue weighted by molar-refractivity contribution is -0.147. The van der Waals surface area contributed by atoms with Crippen LogP contribution in [0.3, 0.4) is 0 Å². The lowest BCUT2D eigenvalue weighted by Crippen LogP contribution is -2.19. The van der Waals surface area contributed by atoms with Crippen molar-refractivity contribution in [1.82, 2.24) is 9.97 Å². The van der Waals surface area contributed by atoms with E-state index in [9.17, 15) is 9.59 Å². The van der Waals surface area contributed by atoms with Crippen LogP contribution >= 0.6 is 34.8 Å². The van der Waals surface area contributed by atoms with Crippen molar-refractivity contribution < 1.29 is 23.8 Å². The molecule has 1 heterocycles. The van der Waals surface area contributed by atoms with Gasteiger partial charge in [-0.25, -0.2) is 4.98 Å². The minimum atomic E-state index is -0.808. The summed E-state index contributed by atoms with van der Waals surface area (Å²) in [6.45, 7) is 1.50. The van der Waals surface area contributed by atoms with E-state index in [4.69, 9.17) is 49.0 Å². The van der Waals surface area contributed by atoms with Crippen LogP contribution in [0.15, 0.2) is 15.7 Å². The van der Waals surface area contributed by atoms with Crippen LogP contribution in [0.5, 0.6) is 11.9 Å². The zero-order valence-electron chi connectivity index (χ0n) is 13.6. The molecule has 0 aromatic carbocycles. The van der Waals surface area contributed by atoms with Crippen molar-refractivity contribution in [2.75, 3.05) is 19.5 Å². The van der Waals surface area contributed by atoms with Crippen LogP contribution in [0.25, 0.3) is 0 Å². The lowest BCUT2D eigenvalue weighted by atomic mass is 10.3. The Kier molecular flexibility index (Phi) is 8.74. The summed E-state index contributed by atoms with van der Waals surface area (Å²) in [5.41, 5.74) is 0.245. The molecule has 0 radical (unpaired) electrons. The van der Waals surface area contributed by atoms with Crippen LogP contribution in [-0.2, 0) is 14.3 Å². The van der Waals surface area contributed by atoms with Crippen LogP contribution in [0.1, 0.15) is 19.8 Å². The molecule has 138 valence electrons. The molecular formula is C14H16Cl3N3O5. The van der Waals surface area contributed by atoms with Gasteiger partial charge in [-0.15, -0.1) is 0 Å². The molecule has 1 rings (SSSR count). The Hall–Kier alpha value is -1.77. The molecule has 1 atom stereocenters. The number of carbonyl (C=O) groups is 2. The standard InChI is InChI=1S/C14H16Cl3N3O5/c1-7(11(15)12(16)17)25-10(22)5-4-9(21)19-8-6-18-14(24-3)20-13(8)23-2/h6-7H,4-5H2,1-3H3,(H,19,21)/t7-/m0/s1. The van der Waals surface area contributed by atoms with Crippen LogP contribution in [-0.4, -0.2) is 42.2 Å². The first-order chi connectivity index (χ1) is 11.8. The first-order valence-corrected chi connectivity index (χ1v) is 8.06. The first-order valence-electron chi connectivity index (χ1n) is 6.93. The largest absolute Gasteiger partial charge is 0.479 e. The van der Waals surface area contributed by atoms with Gasteiger partial charge < -0.3 is 19.5 Å². The molecule has 0 bridgehead atoms. The van der Waals surface area contributed by atoms with E-state index < -0.39 is 18.0 Å². The highest BCUT2D eigenvalue weighted by Crippen LogP contribution is 2.24. The summed E-state index contributed by atoms with van der Waals surface area (Å²) in [7, 11) is 2.79. The summed E-state index contributed by atoms with van der Waals surface area (Å²) in [4.78, 5) is 31.4. The number of aromatic nitrogens is 2. The van der Waals surface area contributed by atoms with Gasteiger partial charge in [0.05, 0.1) is 31.9 Å². The van der Waals surface area contributed by atoms with Crippen molar-refractivity contribution >= 4 is 52.4 Å². The molecule has 25 heavy (non-hydrogen) atoms. The molecule has 0 aliphatic rings. The molecule has 0 aliphatic heterocycles. The van der Waals surface area contributed by atoms with E-state index >= 15 is 0 Å². The molecule has 0 unspecified atom stereocenters. The number of hydrogen-bond acceptors (Lipinski definition) is 7. The van der Waals surface area contributed by atoms with Gasteiger partial charge in [0.2, 0.25) is 11.8 Å². The molecule has 0 spiro atoms. The van der Waals surface area contributed by atoms with Gasteiger partial charge in [-0.3, -0.25) is 9.59 Å². The zero-order chi connectivity index (χ0) is 19.0. The van der Waals surface area contributed by atoms with Crippen LogP contribution in [0, 0.1) is 0 Å². The molecular weight excluding hydrogens is 397 g/mol. The van der Waals surface area contributed by atoms with E-state index in [1.54, 1.807) is 0 Å². The number of nitrogens with one attached hydrogen (secondary N) is 1. The third-order valence-corrected chi connectivity index (χ3v) is 3.88. The van der Waals surface area contributed by atoms with Gasteiger partial charge in [-0.1, -0.05) is 34.8 Å². The summed E-state index contributed by atoms with van der Waals surface area (Å²) in [5.74, 6) is -0.952. The molecule has 1 aromatic rings. The molecule has 11 heteroatoms. The second-order valence-electron chi connectivity index (χ2n) is 4.57. The van der Waals surface area contributed by atoms with Crippen molar-refractivity contribution in [3.8, 4) is 11.9 Å². The van der Waals surface area contributed by atoms with Crippen molar-refractivity contribution in [2.45, 2.75) is 25.9 Å². The third kappa shape index (κ3) is 6.93. The van der Waals surface area contributed by atoms with Crippen molar-refractivity contribution in [1.29, 1.82) is 0 Å². The molecule has 1 amide bonds. The van der Waals surface area contributed by atoms with Crippen molar-refractivity contribution in [3.05, 3.63) is 15.7 Å². The highest BCUT2D eigenvalue weighted by Gasteiger charge is 2.17. The van der Waals surface area contributed by atoms with Gasteiger partial charge in [-0.2, -0.15) is 4.98 Å². The van der Waals surface area contributed by atoms with E-state index in [0.717, 1.165) is 0 Å². The molecule has 0 aliphatic carbocycles. The Morgan fingerprint density at radius 3 is 2.44 bits per heavy atom. The average Bonchev–Trinajstić information content (AvgIpc) is 2.59. The maximum absolute atomic E-state index is 11.9. The van der Waals surface area contributed by atoms with E-state index in [-0.39, 0.29) is 39.9 Å². The van der Waals surface area contributed by atoms with E-state index in [1.165, 1.54) is 27.3 Å². The summed E-state index contributed by atoms with van der Waals surface area (Å²) in [5, 5.41) is 2.53. The maximum atomic E-state index is 11.9.